The number of benzene rings is 1. The number of carbonyl (C=O) groups is 2. The highest BCUT2D eigenvalue weighted by molar-refractivity contribution is 5.94. The van der Waals surface area contributed by atoms with Crippen LogP contribution in [0, 0.1) is 0 Å². The number of carbonyl (C=O) groups excluding carboxylic acids is 2. The maximum Gasteiger partial charge on any atom is 0.251 e. The first-order valence-corrected chi connectivity index (χ1v) is 8.62. The van der Waals surface area contributed by atoms with Gasteiger partial charge in [-0.25, -0.2) is 0 Å². The Hall–Kier alpha value is -1.38. The van der Waals surface area contributed by atoms with Gasteiger partial charge in [-0.2, -0.15) is 0 Å². The summed E-state index contributed by atoms with van der Waals surface area (Å²) in [4.78, 5) is 26.2. The molecule has 0 saturated carbocycles. The fourth-order valence-corrected chi connectivity index (χ4v) is 2.60. The number of morpholine rings is 1. The van der Waals surface area contributed by atoms with Crippen LogP contribution in [0.1, 0.15) is 22.8 Å². The van der Waals surface area contributed by atoms with Crippen LogP contribution in [-0.4, -0.2) is 69.2 Å². The molecule has 0 spiro atoms. The molecule has 1 fully saturated rings. The standard InChI is InChI=1S/C18H28N4O3.2ClH/c1-13-16(19-9-11-25-13)18(24)21-12-14-4-6-15(7-5-14)17(23)20-8-10-22(2)3;;/h4-7,13,16,19H,8-12H2,1-3H3,(H,20,23)(H,21,24);2*1H/t13-,16+;;/m1../s1. The lowest BCUT2D eigenvalue weighted by Gasteiger charge is -2.29. The van der Waals surface area contributed by atoms with E-state index in [-0.39, 0.29) is 48.8 Å². The van der Waals surface area contributed by atoms with E-state index < -0.39 is 0 Å². The van der Waals surface area contributed by atoms with E-state index >= 15 is 0 Å². The number of nitrogens with zero attached hydrogens (tertiary/aromatic N) is 1. The van der Waals surface area contributed by atoms with Gasteiger partial charge in [0.1, 0.15) is 6.04 Å². The predicted octanol–water partition coefficient (Wildman–Crippen LogP) is 0.815. The van der Waals surface area contributed by atoms with Crippen molar-refractivity contribution in [3.05, 3.63) is 35.4 Å². The molecule has 0 radical (unpaired) electrons. The van der Waals surface area contributed by atoms with Gasteiger partial charge in [0.25, 0.3) is 5.91 Å². The van der Waals surface area contributed by atoms with Crippen LogP contribution in [-0.2, 0) is 16.1 Å². The molecule has 2 amide bonds. The number of amides is 2. The fraction of sp³-hybridized carbons (Fsp3) is 0.556. The fourth-order valence-electron chi connectivity index (χ4n) is 2.60. The number of halogens is 2. The van der Waals surface area contributed by atoms with Gasteiger partial charge in [0, 0.05) is 31.7 Å². The van der Waals surface area contributed by atoms with Gasteiger partial charge in [-0.05, 0) is 38.7 Å². The molecule has 0 unspecified atom stereocenters. The van der Waals surface area contributed by atoms with Crippen molar-refractivity contribution in [2.45, 2.75) is 25.6 Å². The first kappa shape index (κ1) is 25.6. The van der Waals surface area contributed by atoms with Crippen molar-refractivity contribution in [3.8, 4) is 0 Å². The van der Waals surface area contributed by atoms with Gasteiger partial charge in [-0.3, -0.25) is 9.59 Å². The molecule has 1 aliphatic heterocycles. The average molecular weight is 421 g/mol. The van der Waals surface area contributed by atoms with Gasteiger partial charge in [0.2, 0.25) is 5.91 Å². The quantitative estimate of drug-likeness (QED) is 0.607. The third-order valence-electron chi connectivity index (χ3n) is 4.13. The highest BCUT2D eigenvalue weighted by Gasteiger charge is 2.27. The lowest BCUT2D eigenvalue weighted by molar-refractivity contribution is -0.129. The molecule has 1 heterocycles. The molecule has 7 nitrogen and oxygen atoms in total. The van der Waals surface area contributed by atoms with Gasteiger partial charge in [-0.1, -0.05) is 12.1 Å². The van der Waals surface area contributed by atoms with Gasteiger partial charge in [0.05, 0.1) is 12.7 Å². The van der Waals surface area contributed by atoms with Crippen LogP contribution in [0.2, 0.25) is 0 Å². The second-order valence-corrected chi connectivity index (χ2v) is 6.48. The molecule has 154 valence electrons. The Bertz CT molecular complexity index is 584. The van der Waals surface area contributed by atoms with Gasteiger partial charge in [-0.15, -0.1) is 24.8 Å². The van der Waals surface area contributed by atoms with E-state index in [9.17, 15) is 9.59 Å². The Kier molecular flexibility index (Phi) is 12.2. The molecule has 27 heavy (non-hydrogen) atoms. The van der Waals surface area contributed by atoms with Crippen molar-refractivity contribution in [2.75, 3.05) is 40.3 Å². The highest BCUT2D eigenvalue weighted by atomic mass is 35.5. The van der Waals surface area contributed by atoms with E-state index in [0.717, 1.165) is 12.1 Å². The third kappa shape index (κ3) is 8.45. The molecule has 1 aliphatic rings. The molecular weight excluding hydrogens is 391 g/mol. The van der Waals surface area contributed by atoms with Crippen LogP contribution in [0.3, 0.4) is 0 Å². The zero-order valence-electron chi connectivity index (χ0n) is 16.0. The molecule has 1 aromatic carbocycles. The van der Waals surface area contributed by atoms with E-state index in [1.54, 1.807) is 12.1 Å². The van der Waals surface area contributed by atoms with Crippen LogP contribution < -0.4 is 16.0 Å². The summed E-state index contributed by atoms with van der Waals surface area (Å²) in [5.41, 5.74) is 1.56. The summed E-state index contributed by atoms with van der Waals surface area (Å²) in [6, 6.07) is 6.94. The third-order valence-corrected chi connectivity index (χ3v) is 4.13. The van der Waals surface area contributed by atoms with E-state index in [1.807, 2.05) is 38.1 Å². The largest absolute Gasteiger partial charge is 0.375 e. The normalized spacial score (nSPS) is 18.8. The maximum atomic E-state index is 12.2. The molecular formula is C18H30Cl2N4O3. The number of ether oxygens (including phenoxy) is 1. The van der Waals surface area contributed by atoms with Crippen LogP contribution in [0.5, 0.6) is 0 Å². The summed E-state index contributed by atoms with van der Waals surface area (Å²) >= 11 is 0. The van der Waals surface area contributed by atoms with Gasteiger partial charge >= 0.3 is 0 Å². The van der Waals surface area contributed by atoms with E-state index in [2.05, 4.69) is 16.0 Å². The topological polar surface area (TPSA) is 82.7 Å². The van der Waals surface area contributed by atoms with Crippen LogP contribution in [0.25, 0.3) is 0 Å². The van der Waals surface area contributed by atoms with Crippen molar-refractivity contribution < 1.29 is 14.3 Å². The van der Waals surface area contributed by atoms with Crippen LogP contribution in [0.4, 0.5) is 0 Å². The molecule has 2 atom stereocenters. The second kappa shape index (κ2) is 12.9. The molecule has 9 heteroatoms. The summed E-state index contributed by atoms with van der Waals surface area (Å²) in [5, 5.41) is 8.95. The molecule has 0 bridgehead atoms. The summed E-state index contributed by atoms with van der Waals surface area (Å²) < 4.78 is 5.48. The number of hydrogen-bond acceptors (Lipinski definition) is 5. The number of likely N-dealkylation sites (N-methyl/N-ethyl adjacent to an activating group) is 1. The van der Waals surface area contributed by atoms with Crippen molar-refractivity contribution in [1.29, 1.82) is 0 Å². The van der Waals surface area contributed by atoms with Crippen LogP contribution in [0.15, 0.2) is 24.3 Å². The molecule has 1 saturated heterocycles. The zero-order chi connectivity index (χ0) is 18.2. The smallest absolute Gasteiger partial charge is 0.251 e. The minimum absolute atomic E-state index is 0. The van der Waals surface area contributed by atoms with Gasteiger partial charge in [0.15, 0.2) is 0 Å². The summed E-state index contributed by atoms with van der Waals surface area (Å²) in [7, 11) is 3.93. The number of rotatable bonds is 7. The van der Waals surface area contributed by atoms with Crippen LogP contribution >= 0.6 is 24.8 Å². The lowest BCUT2D eigenvalue weighted by Crippen LogP contribution is -2.55. The summed E-state index contributed by atoms with van der Waals surface area (Å²) in [5.74, 6) is -0.160. The van der Waals surface area contributed by atoms with E-state index in [4.69, 9.17) is 4.74 Å². The van der Waals surface area contributed by atoms with E-state index in [0.29, 0.717) is 31.8 Å². The minimum Gasteiger partial charge on any atom is -0.375 e. The van der Waals surface area contributed by atoms with Crippen molar-refractivity contribution >= 4 is 36.6 Å². The van der Waals surface area contributed by atoms with Crippen molar-refractivity contribution in [3.63, 3.8) is 0 Å². The van der Waals surface area contributed by atoms with Gasteiger partial charge < -0.3 is 25.6 Å². The number of hydrogen-bond donors (Lipinski definition) is 3. The Morgan fingerprint density at radius 1 is 1.19 bits per heavy atom. The SMILES string of the molecule is C[C@H]1OCCN[C@@H]1C(=O)NCc1ccc(C(=O)NCCN(C)C)cc1.Cl.Cl. The summed E-state index contributed by atoms with van der Waals surface area (Å²) in [6.45, 7) is 5.03. The Morgan fingerprint density at radius 2 is 1.85 bits per heavy atom. The Balaban J connectivity index is 0.00000338. The molecule has 3 N–H and O–H groups in total. The second-order valence-electron chi connectivity index (χ2n) is 6.48. The minimum atomic E-state index is -0.324. The summed E-state index contributed by atoms with van der Waals surface area (Å²) in [6.07, 6.45) is -0.137. The number of nitrogens with one attached hydrogen (secondary N) is 3. The molecule has 1 aromatic rings. The first-order chi connectivity index (χ1) is 12.0. The monoisotopic (exact) mass is 420 g/mol. The predicted molar refractivity (Wildman–Crippen MR) is 111 cm³/mol. The van der Waals surface area contributed by atoms with E-state index in [1.165, 1.54) is 0 Å². The average Bonchev–Trinajstić information content (AvgIpc) is 2.60. The van der Waals surface area contributed by atoms with Crippen molar-refractivity contribution in [1.82, 2.24) is 20.9 Å². The maximum absolute atomic E-state index is 12.2. The molecule has 0 aliphatic carbocycles. The zero-order valence-corrected chi connectivity index (χ0v) is 17.6. The lowest BCUT2D eigenvalue weighted by atomic mass is 10.1. The molecule has 2 rings (SSSR count). The Morgan fingerprint density at radius 3 is 2.44 bits per heavy atom. The van der Waals surface area contributed by atoms with Crippen molar-refractivity contribution in [2.24, 2.45) is 0 Å². The Labute approximate surface area is 173 Å². The first-order valence-electron chi connectivity index (χ1n) is 8.62. The molecule has 0 aromatic heterocycles. The highest BCUT2D eigenvalue weighted by Crippen LogP contribution is 2.07.